The van der Waals surface area contributed by atoms with Crippen LogP contribution in [0.4, 0.5) is 0 Å². The molecule has 5 heterocycles. The van der Waals surface area contributed by atoms with Crippen LogP contribution in [0.5, 0.6) is 0 Å². The van der Waals surface area contributed by atoms with E-state index in [0.717, 1.165) is 113 Å². The summed E-state index contributed by atoms with van der Waals surface area (Å²) in [6.45, 7) is 9.80. The number of aryl methyl sites for hydroxylation is 1. The van der Waals surface area contributed by atoms with Gasteiger partial charge in [0.2, 0.25) is 42.9 Å². The standard InChI is InChI=1S/C20H29N3O4S.C19H28N4O4.C19H30N2O4/c1-3-4-5-15(10-22(27)13-24)19(26)23-12-20(6-7-20)9-16(23)17(25)8-18-21-14(2)11-28-18;1-2-3-5-14(11-22(27)13-24)18(26)23-12-19(7-8-19)10-15(23)17(25)21-16-6-4-9-20-16;1-2-3-4-15(11-20(25)13-22)18(24)21-12-19(7-8-19)10-16(21)17(23)9-14-5-6-14/h11,13,15-16,27H,3-10,12H2,1-2H3;4,9,13-15,27H,2-3,5-8,10-12H2,1H3,(H,20,21,25);13-16,25H,2-12H2,1H3/t15-,16+;14-,15+;15-,16+/m111/s1. The van der Waals surface area contributed by atoms with Gasteiger partial charge in [0.25, 0.3) is 0 Å². The van der Waals surface area contributed by atoms with Crippen molar-refractivity contribution in [3.8, 4) is 0 Å². The summed E-state index contributed by atoms with van der Waals surface area (Å²) in [5.74, 6) is -0.564. The number of aliphatic imine (C=N–C) groups is 1. The highest BCUT2D eigenvalue weighted by Crippen LogP contribution is 2.57. The number of nitrogens with zero attached hydrogens (tertiary/aromatic N) is 8. The molecule has 3 spiro atoms. The highest BCUT2D eigenvalue weighted by molar-refractivity contribution is 7.09. The zero-order valence-electron chi connectivity index (χ0n) is 47.5. The van der Waals surface area contributed by atoms with E-state index in [0.29, 0.717) is 104 Å². The van der Waals surface area contributed by atoms with Crippen molar-refractivity contribution in [2.45, 2.75) is 193 Å². The minimum Gasteiger partial charge on any atom is -0.332 e. The number of ketones is 2. The number of unbranched alkanes of at least 4 members (excludes halogenated alkanes) is 3. The number of hydrogen-bond acceptors (Lipinski definition) is 15. The summed E-state index contributed by atoms with van der Waals surface area (Å²) in [5, 5.41) is 36.0. The molecule has 0 unspecified atom stereocenters. The fourth-order valence-electron chi connectivity index (χ4n) is 12.2. The Morgan fingerprint density at radius 3 is 1.43 bits per heavy atom. The molecule has 1 aromatic rings. The van der Waals surface area contributed by atoms with Crippen molar-refractivity contribution in [3.63, 3.8) is 0 Å². The largest absolute Gasteiger partial charge is 0.332 e. The molecule has 4 N–H and O–H groups in total. The van der Waals surface area contributed by atoms with Crippen molar-refractivity contribution in [2.24, 2.45) is 44.9 Å². The third-order valence-corrected chi connectivity index (χ3v) is 18.7. The van der Waals surface area contributed by atoms with Gasteiger partial charge in [0.15, 0.2) is 11.6 Å². The number of amides is 7. The summed E-state index contributed by atoms with van der Waals surface area (Å²) in [7, 11) is 0. The second-order valence-electron chi connectivity index (χ2n) is 24.6. The second kappa shape index (κ2) is 28.0. The maximum atomic E-state index is 13.3. The van der Waals surface area contributed by atoms with Crippen LogP contribution in [0.1, 0.15) is 173 Å². The number of amidine groups is 1. The Balaban J connectivity index is 0.000000174. The molecule has 4 saturated carbocycles. The van der Waals surface area contributed by atoms with Gasteiger partial charge in [-0.25, -0.2) is 25.2 Å². The lowest BCUT2D eigenvalue weighted by atomic mass is 9.97. The van der Waals surface area contributed by atoms with E-state index in [1.165, 1.54) is 11.3 Å². The Hall–Kier alpha value is -5.45. The molecule has 3 saturated heterocycles. The van der Waals surface area contributed by atoms with Crippen LogP contribution in [0.3, 0.4) is 0 Å². The Labute approximate surface area is 474 Å². The van der Waals surface area contributed by atoms with Crippen LogP contribution >= 0.6 is 11.3 Å². The van der Waals surface area contributed by atoms with Crippen LogP contribution < -0.4 is 5.32 Å². The van der Waals surface area contributed by atoms with Gasteiger partial charge in [0.05, 0.1) is 55.9 Å². The summed E-state index contributed by atoms with van der Waals surface area (Å²) >= 11 is 1.48. The first-order valence-corrected chi connectivity index (χ1v) is 30.3. The van der Waals surface area contributed by atoms with Crippen molar-refractivity contribution in [1.82, 2.24) is 40.2 Å². The molecule has 0 aromatic carbocycles. The molecule has 7 fully saturated rings. The minimum atomic E-state index is -0.518. The fraction of sp³-hybridized carbons (Fsp3) is 0.741. The first-order chi connectivity index (χ1) is 38.3. The summed E-state index contributed by atoms with van der Waals surface area (Å²) in [6.07, 6.45) is 23.9. The zero-order valence-corrected chi connectivity index (χ0v) is 48.3. The first kappa shape index (κ1) is 62.2. The average Bonchev–Trinajstić information content (AvgIpc) is 4.59. The predicted octanol–water partition coefficient (Wildman–Crippen LogP) is 6.44. The van der Waals surface area contributed by atoms with Crippen molar-refractivity contribution < 1.29 is 58.8 Å². The smallest absolute Gasteiger partial charge is 0.248 e. The molecule has 4 aliphatic heterocycles. The van der Waals surface area contributed by atoms with E-state index in [1.54, 1.807) is 20.9 Å². The number of carbonyl (C=O) groups excluding carboxylic acids is 9. The van der Waals surface area contributed by atoms with Gasteiger partial charge >= 0.3 is 0 Å². The van der Waals surface area contributed by atoms with Gasteiger partial charge in [0, 0.05) is 49.7 Å². The van der Waals surface area contributed by atoms with Gasteiger partial charge in [-0.1, -0.05) is 65.4 Å². The molecule has 442 valence electrons. The van der Waals surface area contributed by atoms with Crippen molar-refractivity contribution in [3.05, 3.63) is 28.4 Å². The topological polar surface area (TPSA) is 271 Å². The van der Waals surface area contributed by atoms with Crippen LogP contribution in [-0.2, 0) is 49.6 Å². The number of likely N-dealkylation sites (tertiary alicyclic amines) is 3. The molecule has 0 radical (unpaired) electrons. The summed E-state index contributed by atoms with van der Waals surface area (Å²) in [6, 6.07) is -1.23. The van der Waals surface area contributed by atoms with Crippen molar-refractivity contribution in [1.29, 1.82) is 0 Å². The van der Waals surface area contributed by atoms with Crippen LogP contribution in [0.15, 0.2) is 22.6 Å². The Morgan fingerprint density at radius 2 is 1.07 bits per heavy atom. The van der Waals surface area contributed by atoms with Gasteiger partial charge in [-0.15, -0.1) is 11.3 Å². The Kier molecular flexibility index (Phi) is 21.8. The summed E-state index contributed by atoms with van der Waals surface area (Å²) in [4.78, 5) is 124. The molecule has 1 aromatic heterocycles. The number of aromatic nitrogens is 1. The number of Topliss-reactive ketones (excluding diaryl/α,β-unsaturated/α-hetero) is 2. The van der Waals surface area contributed by atoms with Gasteiger partial charge in [-0.2, -0.15) is 0 Å². The van der Waals surface area contributed by atoms with Gasteiger partial charge in [0.1, 0.15) is 16.9 Å². The van der Waals surface area contributed by atoms with Crippen LogP contribution in [0.25, 0.3) is 0 Å². The quantitative estimate of drug-likeness (QED) is 0.0400. The third-order valence-electron chi connectivity index (χ3n) is 17.7. The molecular formula is C58H87N9O12S. The lowest BCUT2D eigenvalue weighted by Gasteiger charge is -2.29. The number of thiazole rings is 1. The SMILES string of the molecule is CCCC[C@H](CN(O)C=O)C(=O)N1CC2(CC2)C[C@H]1C(=O)CC1CC1.CCCC[C@H](CN(O)C=O)C(=O)N1CC2(CC2)C[C@H]1C(=O)Cc1nc(C)cs1.CCCC[C@H](CN(O)C=O)C(=O)N1CC2(CC2)C[C@H]1C(=O)NC1=NC=CC1. The lowest BCUT2D eigenvalue weighted by molar-refractivity contribution is -0.158. The molecule has 9 rings (SSSR count). The molecule has 7 amide bonds. The van der Waals surface area contributed by atoms with E-state index >= 15 is 0 Å². The first-order valence-electron chi connectivity index (χ1n) is 29.5. The summed E-state index contributed by atoms with van der Waals surface area (Å²) in [5.41, 5.74) is 1.22. The molecule has 22 heteroatoms. The molecule has 4 aliphatic carbocycles. The summed E-state index contributed by atoms with van der Waals surface area (Å²) < 4.78 is 0. The van der Waals surface area contributed by atoms with Gasteiger partial charge in [-0.3, -0.25) is 58.8 Å². The highest BCUT2D eigenvalue weighted by Gasteiger charge is 2.58. The normalized spacial score (nSPS) is 23.0. The average molecular weight is 1130 g/mol. The number of carbonyl (C=O) groups is 9. The van der Waals surface area contributed by atoms with E-state index in [-0.39, 0.29) is 83.5 Å². The molecule has 80 heavy (non-hydrogen) atoms. The van der Waals surface area contributed by atoms with E-state index in [1.807, 2.05) is 32.2 Å². The molecule has 8 aliphatic rings. The van der Waals surface area contributed by atoms with Crippen LogP contribution in [-0.4, -0.2) is 168 Å². The van der Waals surface area contributed by atoms with E-state index in [4.69, 9.17) is 0 Å². The maximum absolute atomic E-state index is 13.3. The second-order valence-corrected chi connectivity index (χ2v) is 25.5. The van der Waals surface area contributed by atoms with Crippen LogP contribution in [0, 0.1) is 46.8 Å². The molecular weight excluding hydrogens is 1050 g/mol. The van der Waals surface area contributed by atoms with E-state index in [2.05, 4.69) is 22.2 Å². The Bertz CT molecular complexity index is 2430. The van der Waals surface area contributed by atoms with Crippen LogP contribution in [0.2, 0.25) is 0 Å². The van der Waals surface area contributed by atoms with E-state index in [9.17, 15) is 58.8 Å². The minimum absolute atomic E-state index is 0.00929. The van der Waals surface area contributed by atoms with Gasteiger partial charge in [-0.05, 0) is 119 Å². The van der Waals surface area contributed by atoms with Crippen molar-refractivity contribution >= 4 is 71.6 Å². The fourth-order valence-corrected chi connectivity index (χ4v) is 13.0. The molecule has 21 nitrogen and oxygen atoms in total. The predicted molar refractivity (Wildman–Crippen MR) is 295 cm³/mol. The number of hydrogen-bond donors (Lipinski definition) is 4. The molecule has 6 atom stereocenters. The molecule has 0 bridgehead atoms. The third kappa shape index (κ3) is 16.8. The highest BCUT2D eigenvalue weighted by atomic mass is 32.1. The lowest BCUT2D eigenvalue weighted by Crippen LogP contribution is -2.50. The number of hydroxylamine groups is 6. The van der Waals surface area contributed by atoms with Gasteiger partial charge < -0.3 is 20.0 Å². The number of nitrogens with one attached hydrogen (secondary N) is 1. The zero-order chi connectivity index (χ0) is 57.8. The monoisotopic (exact) mass is 1130 g/mol. The van der Waals surface area contributed by atoms with Crippen molar-refractivity contribution in [2.75, 3.05) is 39.3 Å². The number of rotatable bonds is 28. The Morgan fingerprint density at radius 1 is 0.662 bits per heavy atom. The maximum Gasteiger partial charge on any atom is 0.248 e. The van der Waals surface area contributed by atoms with E-state index < -0.39 is 29.8 Å².